The van der Waals surface area contributed by atoms with Gasteiger partial charge in [0.15, 0.2) is 0 Å². The molecule has 1 N–H and O–H groups in total. The third kappa shape index (κ3) is 1.98. The molecule has 0 radical (unpaired) electrons. The van der Waals surface area contributed by atoms with Crippen LogP contribution >= 0.6 is 0 Å². The zero-order valence-electron chi connectivity index (χ0n) is 11.3. The Morgan fingerprint density at radius 2 is 2.15 bits per heavy atom. The number of rotatable bonds is 2. The molecule has 3 nitrogen and oxygen atoms in total. The van der Waals surface area contributed by atoms with E-state index >= 15 is 0 Å². The highest BCUT2D eigenvalue weighted by atomic mass is 19.4. The summed E-state index contributed by atoms with van der Waals surface area (Å²) in [5.74, 6) is -0.147. The lowest BCUT2D eigenvalue weighted by Gasteiger charge is -2.30. The van der Waals surface area contributed by atoms with Crippen LogP contribution in [0.25, 0.3) is 0 Å². The fraction of sp³-hybridized carbons (Fsp3) is 0.571. The highest BCUT2D eigenvalue weighted by Crippen LogP contribution is 2.45. The zero-order chi connectivity index (χ0) is 14.5. The molecule has 0 saturated carbocycles. The van der Waals surface area contributed by atoms with Crippen molar-refractivity contribution >= 4 is 0 Å². The van der Waals surface area contributed by atoms with E-state index in [1.165, 1.54) is 13.2 Å². The SMILES string of the molecule is COc1cc(C23CNC(CO2)C3)c(C)cc1C(F)(F)F. The predicted octanol–water partition coefficient (Wildman–Crippen LogP) is 2.61. The number of ether oxygens (including phenoxy) is 2. The lowest BCUT2D eigenvalue weighted by molar-refractivity contribution is -0.138. The van der Waals surface area contributed by atoms with Crippen LogP contribution in [0.4, 0.5) is 13.2 Å². The van der Waals surface area contributed by atoms with Crippen LogP contribution in [0.15, 0.2) is 12.1 Å². The van der Waals surface area contributed by atoms with Crippen LogP contribution in [0.3, 0.4) is 0 Å². The van der Waals surface area contributed by atoms with Gasteiger partial charge in [-0.05, 0) is 36.6 Å². The van der Waals surface area contributed by atoms with Crippen molar-refractivity contribution in [1.29, 1.82) is 0 Å². The zero-order valence-corrected chi connectivity index (χ0v) is 11.3. The third-order valence-corrected chi connectivity index (χ3v) is 4.16. The third-order valence-electron chi connectivity index (χ3n) is 4.16. The van der Waals surface area contributed by atoms with E-state index in [9.17, 15) is 13.2 Å². The van der Waals surface area contributed by atoms with Gasteiger partial charge in [0.05, 0.1) is 19.3 Å². The second-order valence-corrected chi connectivity index (χ2v) is 5.45. The van der Waals surface area contributed by atoms with Crippen molar-refractivity contribution in [2.45, 2.75) is 31.2 Å². The van der Waals surface area contributed by atoms with Crippen molar-refractivity contribution in [1.82, 2.24) is 5.32 Å². The van der Waals surface area contributed by atoms with Crippen LogP contribution in [-0.4, -0.2) is 26.3 Å². The van der Waals surface area contributed by atoms with Crippen LogP contribution in [0, 0.1) is 6.92 Å². The first-order valence-corrected chi connectivity index (χ1v) is 6.49. The van der Waals surface area contributed by atoms with E-state index < -0.39 is 17.3 Å². The quantitative estimate of drug-likeness (QED) is 0.907. The molecule has 2 bridgehead atoms. The van der Waals surface area contributed by atoms with Gasteiger partial charge in [-0.1, -0.05) is 0 Å². The summed E-state index contributed by atoms with van der Waals surface area (Å²) in [5, 5.41) is 3.32. The Hall–Kier alpha value is -1.27. The molecule has 0 amide bonds. The second kappa shape index (κ2) is 4.36. The molecule has 20 heavy (non-hydrogen) atoms. The first-order valence-electron chi connectivity index (χ1n) is 6.49. The van der Waals surface area contributed by atoms with E-state index in [1.54, 1.807) is 6.92 Å². The molecular weight excluding hydrogens is 271 g/mol. The first kappa shape index (κ1) is 13.7. The summed E-state index contributed by atoms with van der Waals surface area (Å²) < 4.78 is 49.7. The van der Waals surface area contributed by atoms with Crippen molar-refractivity contribution in [2.75, 3.05) is 20.3 Å². The van der Waals surface area contributed by atoms with Gasteiger partial charge in [0, 0.05) is 12.6 Å². The van der Waals surface area contributed by atoms with Crippen molar-refractivity contribution in [3.8, 4) is 5.75 Å². The van der Waals surface area contributed by atoms with Crippen LogP contribution in [0.1, 0.15) is 23.1 Å². The van der Waals surface area contributed by atoms with Gasteiger partial charge in [-0.3, -0.25) is 0 Å². The fourth-order valence-corrected chi connectivity index (χ4v) is 3.19. The molecule has 2 unspecified atom stereocenters. The largest absolute Gasteiger partial charge is 0.496 e. The minimum absolute atomic E-state index is 0.147. The number of alkyl halides is 3. The Kier molecular flexibility index (Phi) is 2.99. The molecule has 3 rings (SSSR count). The smallest absolute Gasteiger partial charge is 0.419 e. The van der Waals surface area contributed by atoms with E-state index in [0.717, 1.165) is 18.1 Å². The molecule has 0 aliphatic carbocycles. The number of fused-ring (bicyclic) bond motifs is 2. The summed E-state index contributed by atoms with van der Waals surface area (Å²) in [5.41, 5.74) is 0.127. The molecule has 0 aromatic heterocycles. The van der Waals surface area contributed by atoms with E-state index in [4.69, 9.17) is 9.47 Å². The van der Waals surface area contributed by atoms with Gasteiger partial charge < -0.3 is 14.8 Å². The molecule has 1 aromatic rings. The number of nitrogens with one attached hydrogen (secondary N) is 1. The van der Waals surface area contributed by atoms with E-state index in [1.807, 2.05) is 0 Å². The molecule has 2 aliphatic rings. The topological polar surface area (TPSA) is 30.5 Å². The number of aryl methyl sites for hydroxylation is 1. The monoisotopic (exact) mass is 287 g/mol. The number of hydrogen-bond donors (Lipinski definition) is 1. The molecule has 6 heteroatoms. The molecule has 2 aliphatic heterocycles. The maximum absolute atomic E-state index is 13.0. The lowest BCUT2D eigenvalue weighted by atomic mass is 9.88. The van der Waals surface area contributed by atoms with Gasteiger partial charge in [-0.2, -0.15) is 13.2 Å². The molecule has 2 atom stereocenters. The van der Waals surface area contributed by atoms with Gasteiger partial charge in [-0.15, -0.1) is 0 Å². The van der Waals surface area contributed by atoms with Crippen LogP contribution in [-0.2, 0) is 16.5 Å². The van der Waals surface area contributed by atoms with Crippen molar-refractivity contribution in [3.05, 3.63) is 28.8 Å². The van der Waals surface area contributed by atoms with E-state index in [-0.39, 0.29) is 5.75 Å². The molecule has 0 spiro atoms. The van der Waals surface area contributed by atoms with Crippen LogP contribution in [0.5, 0.6) is 5.75 Å². The normalized spacial score (nSPS) is 28.9. The van der Waals surface area contributed by atoms with Gasteiger partial charge in [0.25, 0.3) is 0 Å². The summed E-state index contributed by atoms with van der Waals surface area (Å²) in [7, 11) is 1.26. The average Bonchev–Trinajstić information content (AvgIpc) is 2.98. The van der Waals surface area contributed by atoms with Crippen LogP contribution < -0.4 is 10.1 Å². The first-order chi connectivity index (χ1) is 9.36. The standard InChI is InChI=1S/C14H16F3NO2/c1-8-3-11(14(15,16)17)12(19-2)4-10(8)13-5-9(6-20-13)18-7-13/h3-4,9,18H,5-7H2,1-2H3. The molecule has 110 valence electrons. The van der Waals surface area contributed by atoms with Crippen molar-refractivity contribution < 1.29 is 22.6 Å². The van der Waals surface area contributed by atoms with E-state index in [2.05, 4.69) is 5.32 Å². The molecule has 2 fully saturated rings. The molecular formula is C14H16F3NO2. The fourth-order valence-electron chi connectivity index (χ4n) is 3.19. The summed E-state index contributed by atoms with van der Waals surface area (Å²) in [6.07, 6.45) is -3.62. The van der Waals surface area contributed by atoms with Crippen molar-refractivity contribution in [2.24, 2.45) is 0 Å². The number of methoxy groups -OCH3 is 1. The van der Waals surface area contributed by atoms with Gasteiger partial charge in [0.1, 0.15) is 11.4 Å². The minimum Gasteiger partial charge on any atom is -0.496 e. The maximum atomic E-state index is 13.0. The van der Waals surface area contributed by atoms with Crippen molar-refractivity contribution in [3.63, 3.8) is 0 Å². The number of morpholine rings is 1. The Morgan fingerprint density at radius 3 is 2.60 bits per heavy atom. The van der Waals surface area contributed by atoms with Gasteiger partial charge in [0.2, 0.25) is 0 Å². The number of benzene rings is 1. The summed E-state index contributed by atoms with van der Waals surface area (Å²) in [6, 6.07) is 2.92. The molecule has 1 aromatic carbocycles. The minimum atomic E-state index is -4.42. The Bertz CT molecular complexity index is 534. The highest BCUT2D eigenvalue weighted by Gasteiger charge is 2.49. The average molecular weight is 287 g/mol. The summed E-state index contributed by atoms with van der Waals surface area (Å²) in [6.45, 7) is 2.92. The maximum Gasteiger partial charge on any atom is 0.419 e. The second-order valence-electron chi connectivity index (χ2n) is 5.45. The van der Waals surface area contributed by atoms with Gasteiger partial charge in [-0.25, -0.2) is 0 Å². The van der Waals surface area contributed by atoms with Gasteiger partial charge >= 0.3 is 6.18 Å². The summed E-state index contributed by atoms with van der Waals surface area (Å²) >= 11 is 0. The molecule has 2 saturated heterocycles. The lowest BCUT2D eigenvalue weighted by Crippen LogP contribution is -2.37. The number of hydrogen-bond acceptors (Lipinski definition) is 3. The Labute approximate surface area is 115 Å². The molecule has 2 heterocycles. The Morgan fingerprint density at radius 1 is 1.40 bits per heavy atom. The van der Waals surface area contributed by atoms with Crippen LogP contribution in [0.2, 0.25) is 0 Å². The highest BCUT2D eigenvalue weighted by molar-refractivity contribution is 5.47. The van der Waals surface area contributed by atoms with E-state index in [0.29, 0.717) is 24.8 Å². The number of halogens is 3. The Balaban J connectivity index is 2.09. The predicted molar refractivity (Wildman–Crippen MR) is 66.8 cm³/mol. The summed E-state index contributed by atoms with van der Waals surface area (Å²) in [4.78, 5) is 0.